The summed E-state index contributed by atoms with van der Waals surface area (Å²) in [6, 6.07) is 0. The number of carbonyl (C=O) groups is 1. The fraction of sp³-hybridized carbons (Fsp3) is 0.789. The van der Waals surface area contributed by atoms with Gasteiger partial charge in [0.2, 0.25) is 11.8 Å². The Hall–Kier alpha value is -1.39. The molecule has 9 heteroatoms. The number of guanidine groups is 1. The summed E-state index contributed by atoms with van der Waals surface area (Å²) in [7, 11) is 0. The van der Waals surface area contributed by atoms with Crippen LogP contribution in [-0.4, -0.2) is 53.1 Å². The van der Waals surface area contributed by atoms with Crippen molar-refractivity contribution in [3.05, 3.63) is 11.7 Å². The van der Waals surface area contributed by atoms with Gasteiger partial charge in [0.05, 0.1) is 0 Å². The molecule has 0 spiro atoms. The van der Waals surface area contributed by atoms with E-state index in [1.807, 2.05) is 32.6 Å². The number of likely N-dealkylation sites (tertiary alicyclic amines) is 1. The number of aliphatic imine (C=N–C) groups is 1. The molecular weight excluding hydrogens is 471 g/mol. The van der Waals surface area contributed by atoms with Crippen LogP contribution in [0.25, 0.3) is 0 Å². The van der Waals surface area contributed by atoms with Crippen LogP contribution >= 0.6 is 24.0 Å². The Morgan fingerprint density at radius 2 is 2.04 bits per heavy atom. The van der Waals surface area contributed by atoms with Crippen molar-refractivity contribution in [2.45, 2.75) is 71.8 Å². The standard InChI is InChI=1S/C19H34N6O2.HI/c1-5-20-18(22-14-15-23-17(27-24-15)19(2,3)4)21-11-9-13-25-12-8-6-7-10-16(25)26;/h5-14H2,1-4H3,(H2,20,21,22);1H. The normalized spacial score (nSPS) is 15.8. The summed E-state index contributed by atoms with van der Waals surface area (Å²) in [5.74, 6) is 2.21. The molecule has 2 N–H and O–H groups in total. The van der Waals surface area contributed by atoms with E-state index < -0.39 is 0 Å². The van der Waals surface area contributed by atoms with Crippen LogP contribution in [0.4, 0.5) is 0 Å². The Morgan fingerprint density at radius 3 is 2.71 bits per heavy atom. The van der Waals surface area contributed by atoms with Gasteiger partial charge in [-0.1, -0.05) is 32.3 Å². The van der Waals surface area contributed by atoms with E-state index in [1.54, 1.807) is 0 Å². The predicted molar refractivity (Wildman–Crippen MR) is 121 cm³/mol. The van der Waals surface area contributed by atoms with E-state index in [1.165, 1.54) is 0 Å². The van der Waals surface area contributed by atoms with Gasteiger partial charge in [-0.15, -0.1) is 24.0 Å². The van der Waals surface area contributed by atoms with Crippen LogP contribution in [0.5, 0.6) is 0 Å². The quantitative estimate of drug-likeness (QED) is 0.256. The van der Waals surface area contributed by atoms with Gasteiger partial charge in [0.25, 0.3) is 0 Å². The Kier molecular flexibility index (Phi) is 10.8. The van der Waals surface area contributed by atoms with Crippen LogP contribution in [0.2, 0.25) is 0 Å². The van der Waals surface area contributed by atoms with Gasteiger partial charge in [-0.25, -0.2) is 4.99 Å². The maximum Gasteiger partial charge on any atom is 0.232 e. The highest BCUT2D eigenvalue weighted by Gasteiger charge is 2.21. The molecule has 0 aromatic carbocycles. The average molecular weight is 506 g/mol. The van der Waals surface area contributed by atoms with E-state index in [2.05, 4.69) is 25.8 Å². The minimum Gasteiger partial charge on any atom is -0.357 e. The van der Waals surface area contributed by atoms with Crippen molar-refractivity contribution in [2.24, 2.45) is 4.99 Å². The third-order valence-corrected chi connectivity index (χ3v) is 4.40. The Balaban J connectivity index is 0.00000392. The number of nitrogens with zero attached hydrogens (tertiary/aromatic N) is 4. The molecule has 8 nitrogen and oxygen atoms in total. The SMILES string of the molecule is CCNC(=NCc1noc(C(C)(C)C)n1)NCCCN1CCCCCC1=O.I. The molecule has 0 atom stereocenters. The topological polar surface area (TPSA) is 95.7 Å². The van der Waals surface area contributed by atoms with E-state index in [0.717, 1.165) is 57.8 Å². The molecule has 2 heterocycles. The van der Waals surface area contributed by atoms with Gasteiger partial charge in [0, 0.05) is 38.0 Å². The van der Waals surface area contributed by atoms with Crippen molar-refractivity contribution in [1.82, 2.24) is 25.7 Å². The lowest BCUT2D eigenvalue weighted by atomic mass is 9.97. The first-order chi connectivity index (χ1) is 12.9. The monoisotopic (exact) mass is 506 g/mol. The van der Waals surface area contributed by atoms with E-state index in [4.69, 9.17) is 4.52 Å². The van der Waals surface area contributed by atoms with E-state index in [0.29, 0.717) is 30.6 Å². The average Bonchev–Trinajstić information content (AvgIpc) is 3.01. The largest absolute Gasteiger partial charge is 0.357 e. The Labute approximate surface area is 185 Å². The summed E-state index contributed by atoms with van der Waals surface area (Å²) in [5.41, 5.74) is -0.164. The minimum atomic E-state index is -0.164. The van der Waals surface area contributed by atoms with Gasteiger partial charge in [0.15, 0.2) is 11.8 Å². The molecule has 1 fully saturated rings. The number of hydrogen-bond donors (Lipinski definition) is 2. The number of amides is 1. The first-order valence-corrected chi connectivity index (χ1v) is 10.0. The number of carbonyl (C=O) groups excluding carboxylic acids is 1. The third kappa shape index (κ3) is 8.32. The van der Waals surface area contributed by atoms with Crippen LogP contribution in [0.1, 0.15) is 71.5 Å². The number of hydrogen-bond acceptors (Lipinski definition) is 5. The summed E-state index contributed by atoms with van der Waals surface area (Å²) < 4.78 is 5.30. The molecule has 160 valence electrons. The van der Waals surface area contributed by atoms with Gasteiger partial charge in [-0.2, -0.15) is 4.98 Å². The van der Waals surface area contributed by atoms with Gasteiger partial charge in [-0.05, 0) is 26.2 Å². The smallest absolute Gasteiger partial charge is 0.232 e. The highest BCUT2D eigenvalue weighted by Crippen LogP contribution is 2.19. The molecular formula is C19H35IN6O2. The fourth-order valence-corrected chi connectivity index (χ4v) is 2.87. The second kappa shape index (κ2) is 12.2. The molecule has 0 bridgehead atoms. The number of rotatable bonds is 7. The summed E-state index contributed by atoms with van der Waals surface area (Å²) in [6.45, 7) is 11.7. The lowest BCUT2D eigenvalue weighted by Crippen LogP contribution is -2.39. The molecule has 2 rings (SSSR count). The lowest BCUT2D eigenvalue weighted by Gasteiger charge is -2.20. The van der Waals surface area contributed by atoms with Crippen molar-refractivity contribution < 1.29 is 9.32 Å². The van der Waals surface area contributed by atoms with Gasteiger partial charge in [0.1, 0.15) is 6.54 Å². The summed E-state index contributed by atoms with van der Waals surface area (Å²) in [5, 5.41) is 10.5. The van der Waals surface area contributed by atoms with Gasteiger partial charge >= 0.3 is 0 Å². The highest BCUT2D eigenvalue weighted by molar-refractivity contribution is 14.0. The van der Waals surface area contributed by atoms with Crippen molar-refractivity contribution in [3.63, 3.8) is 0 Å². The lowest BCUT2D eigenvalue weighted by molar-refractivity contribution is -0.130. The first-order valence-electron chi connectivity index (χ1n) is 10.0. The third-order valence-electron chi connectivity index (χ3n) is 4.40. The van der Waals surface area contributed by atoms with Gasteiger partial charge in [-0.3, -0.25) is 4.79 Å². The molecule has 28 heavy (non-hydrogen) atoms. The Morgan fingerprint density at radius 1 is 1.25 bits per heavy atom. The highest BCUT2D eigenvalue weighted by atomic mass is 127. The zero-order valence-electron chi connectivity index (χ0n) is 17.6. The van der Waals surface area contributed by atoms with Crippen LogP contribution in [0.3, 0.4) is 0 Å². The number of halogens is 1. The molecule has 1 aromatic rings. The molecule has 0 aliphatic carbocycles. The summed E-state index contributed by atoms with van der Waals surface area (Å²) in [6.07, 6.45) is 4.89. The van der Waals surface area contributed by atoms with E-state index in [9.17, 15) is 4.79 Å². The van der Waals surface area contributed by atoms with Crippen molar-refractivity contribution >= 4 is 35.8 Å². The zero-order valence-corrected chi connectivity index (χ0v) is 19.9. The number of aromatic nitrogens is 2. The maximum absolute atomic E-state index is 12.0. The van der Waals surface area contributed by atoms with Crippen molar-refractivity contribution in [2.75, 3.05) is 26.2 Å². The summed E-state index contributed by atoms with van der Waals surface area (Å²) >= 11 is 0. The fourth-order valence-electron chi connectivity index (χ4n) is 2.87. The molecule has 1 aromatic heterocycles. The Bertz CT molecular complexity index is 626. The molecule has 1 saturated heterocycles. The summed E-state index contributed by atoms with van der Waals surface area (Å²) in [4.78, 5) is 22.9. The van der Waals surface area contributed by atoms with E-state index >= 15 is 0 Å². The second-order valence-electron chi connectivity index (χ2n) is 7.93. The van der Waals surface area contributed by atoms with Crippen LogP contribution in [0.15, 0.2) is 9.52 Å². The van der Waals surface area contributed by atoms with E-state index in [-0.39, 0.29) is 29.4 Å². The molecule has 1 aliphatic heterocycles. The zero-order chi connectivity index (χ0) is 19.7. The van der Waals surface area contributed by atoms with Crippen molar-refractivity contribution in [1.29, 1.82) is 0 Å². The molecule has 1 amide bonds. The first kappa shape index (κ1) is 24.6. The number of nitrogens with one attached hydrogen (secondary N) is 2. The predicted octanol–water partition coefficient (Wildman–Crippen LogP) is 2.83. The molecule has 0 saturated carbocycles. The second-order valence-corrected chi connectivity index (χ2v) is 7.93. The molecule has 0 unspecified atom stereocenters. The minimum absolute atomic E-state index is 0. The van der Waals surface area contributed by atoms with Crippen LogP contribution in [-0.2, 0) is 16.8 Å². The maximum atomic E-state index is 12.0. The van der Waals surface area contributed by atoms with Crippen LogP contribution in [0, 0.1) is 0 Å². The van der Waals surface area contributed by atoms with Gasteiger partial charge < -0.3 is 20.1 Å². The molecule has 1 aliphatic rings. The molecule has 0 radical (unpaired) electrons. The van der Waals surface area contributed by atoms with Crippen LogP contribution < -0.4 is 10.6 Å². The van der Waals surface area contributed by atoms with Crippen molar-refractivity contribution in [3.8, 4) is 0 Å².